The van der Waals surface area contributed by atoms with E-state index in [9.17, 15) is 14.2 Å². The Labute approximate surface area is 118 Å². The normalized spacial score (nSPS) is 11.7. The molecule has 7 nitrogen and oxygen atoms in total. The molecule has 0 saturated heterocycles. The van der Waals surface area contributed by atoms with Gasteiger partial charge >= 0.3 is 13.3 Å². The van der Waals surface area contributed by atoms with E-state index in [4.69, 9.17) is 9.05 Å². The Morgan fingerprint density at radius 1 is 1.32 bits per heavy atom. The number of aromatic amines is 1. The number of aromatic nitrogens is 2. The maximum absolute atomic E-state index is 12.2. The molecule has 0 fully saturated rings. The van der Waals surface area contributed by atoms with Gasteiger partial charge in [0.1, 0.15) is 0 Å². The van der Waals surface area contributed by atoms with Crippen LogP contribution in [-0.4, -0.2) is 28.9 Å². The van der Waals surface area contributed by atoms with Gasteiger partial charge in [0, 0.05) is 12.7 Å². The lowest BCUT2D eigenvalue weighted by Gasteiger charge is -2.17. The Bertz CT molecular complexity index is 572. The van der Waals surface area contributed by atoms with Gasteiger partial charge in [-0.1, -0.05) is 0 Å². The van der Waals surface area contributed by atoms with E-state index in [1.165, 1.54) is 10.8 Å². The summed E-state index contributed by atoms with van der Waals surface area (Å²) in [5.74, 6) is 0. The van der Waals surface area contributed by atoms with Crippen molar-refractivity contribution in [3.05, 3.63) is 31.5 Å². The van der Waals surface area contributed by atoms with Gasteiger partial charge in [-0.3, -0.25) is 18.9 Å². The molecule has 1 N–H and O–H groups in total. The fraction of sp³-hybridized carbons (Fsp3) is 0.600. The molecule has 9 heteroatoms. The predicted octanol–water partition coefficient (Wildman–Crippen LogP) is 1.57. The monoisotopic (exact) mass is 354 g/mol. The predicted molar refractivity (Wildman–Crippen MR) is 74.7 cm³/mol. The Morgan fingerprint density at radius 3 is 2.42 bits per heavy atom. The summed E-state index contributed by atoms with van der Waals surface area (Å²) in [7, 11) is -3.20. The van der Waals surface area contributed by atoms with E-state index >= 15 is 0 Å². The highest BCUT2D eigenvalue weighted by atomic mass is 79.9. The second kappa shape index (κ2) is 7.19. The van der Waals surface area contributed by atoms with Gasteiger partial charge in [-0.05, 0) is 29.8 Å². The molecule has 0 aliphatic rings. The summed E-state index contributed by atoms with van der Waals surface area (Å²) in [6.07, 6.45) is 1.41. The van der Waals surface area contributed by atoms with E-state index in [2.05, 4.69) is 20.9 Å². The van der Waals surface area contributed by atoms with E-state index in [0.717, 1.165) is 0 Å². The second-order valence-corrected chi connectivity index (χ2v) is 6.64. The number of H-pyrrole nitrogens is 1. The van der Waals surface area contributed by atoms with Gasteiger partial charge < -0.3 is 9.05 Å². The Hall–Kier alpha value is -0.690. The summed E-state index contributed by atoms with van der Waals surface area (Å²) in [6.45, 7) is 4.09. The molecule has 1 aromatic heterocycles. The van der Waals surface area contributed by atoms with Crippen LogP contribution in [0.4, 0.5) is 0 Å². The van der Waals surface area contributed by atoms with Crippen LogP contribution in [0.5, 0.6) is 0 Å². The topological polar surface area (TPSA) is 90.4 Å². The Morgan fingerprint density at radius 2 is 1.89 bits per heavy atom. The van der Waals surface area contributed by atoms with Gasteiger partial charge in [-0.2, -0.15) is 0 Å². The average Bonchev–Trinajstić information content (AvgIpc) is 2.33. The summed E-state index contributed by atoms with van der Waals surface area (Å²) in [4.78, 5) is 24.9. The van der Waals surface area contributed by atoms with Crippen LogP contribution in [0, 0.1) is 0 Å². The minimum Gasteiger partial charge on any atom is -0.309 e. The summed E-state index contributed by atoms with van der Waals surface area (Å²) in [5.41, 5.74) is -1.06. The number of nitrogens with one attached hydrogen (secondary N) is 1. The largest absolute Gasteiger partial charge is 0.332 e. The van der Waals surface area contributed by atoms with Crippen molar-refractivity contribution in [1.29, 1.82) is 0 Å². The third-order valence-corrected chi connectivity index (χ3v) is 4.85. The molecular weight excluding hydrogens is 339 g/mol. The molecule has 0 aliphatic heterocycles. The maximum Gasteiger partial charge on any atom is 0.332 e. The third kappa shape index (κ3) is 4.72. The standard InChI is InChI=1S/C10H16BrN2O5P/c1-3-17-19(16,18-4-2)6-5-13-7-8(11)9(14)12-10(13)15/h7H,3-6H2,1-2H3,(H,12,14,15). The molecular formula is C10H16BrN2O5P. The van der Waals surface area contributed by atoms with Crippen molar-refractivity contribution in [3.8, 4) is 0 Å². The first-order valence-corrected chi connectivity index (χ1v) is 8.31. The number of rotatable bonds is 7. The first-order valence-electron chi connectivity index (χ1n) is 5.79. The van der Waals surface area contributed by atoms with E-state index < -0.39 is 18.8 Å². The van der Waals surface area contributed by atoms with Crippen LogP contribution >= 0.6 is 23.5 Å². The van der Waals surface area contributed by atoms with E-state index in [1.54, 1.807) is 13.8 Å². The zero-order chi connectivity index (χ0) is 14.5. The molecule has 0 atom stereocenters. The van der Waals surface area contributed by atoms with Gasteiger partial charge in [0.2, 0.25) is 0 Å². The molecule has 0 bridgehead atoms. The van der Waals surface area contributed by atoms with Crippen molar-refractivity contribution in [2.45, 2.75) is 20.4 Å². The van der Waals surface area contributed by atoms with E-state index in [-0.39, 0.29) is 30.4 Å². The van der Waals surface area contributed by atoms with Crippen LogP contribution < -0.4 is 11.2 Å². The number of aryl methyl sites for hydroxylation is 1. The number of hydrogen-bond donors (Lipinski definition) is 1. The summed E-state index contributed by atoms with van der Waals surface area (Å²) in [5, 5.41) is 0. The molecule has 0 aromatic carbocycles. The average molecular weight is 355 g/mol. The lowest BCUT2D eigenvalue weighted by molar-refractivity contribution is 0.219. The van der Waals surface area contributed by atoms with E-state index in [0.29, 0.717) is 0 Å². The van der Waals surface area contributed by atoms with Gasteiger partial charge in [0.25, 0.3) is 5.56 Å². The molecule has 1 aromatic rings. The van der Waals surface area contributed by atoms with Crippen LogP contribution in [0.15, 0.2) is 20.3 Å². The van der Waals surface area contributed by atoms with Crippen molar-refractivity contribution in [2.75, 3.05) is 19.4 Å². The molecule has 0 amide bonds. The van der Waals surface area contributed by atoms with Gasteiger partial charge in [0.15, 0.2) is 0 Å². The van der Waals surface area contributed by atoms with Gasteiger partial charge in [-0.15, -0.1) is 0 Å². The lowest BCUT2D eigenvalue weighted by atomic mass is 10.6. The smallest absolute Gasteiger partial charge is 0.309 e. The molecule has 0 saturated carbocycles. The van der Waals surface area contributed by atoms with Crippen molar-refractivity contribution in [1.82, 2.24) is 9.55 Å². The highest BCUT2D eigenvalue weighted by Crippen LogP contribution is 2.47. The fourth-order valence-corrected chi connectivity index (χ4v) is 3.36. The van der Waals surface area contributed by atoms with Crippen molar-refractivity contribution < 1.29 is 13.6 Å². The Kier molecular flexibility index (Phi) is 6.19. The molecule has 1 heterocycles. The minimum atomic E-state index is -3.20. The van der Waals surface area contributed by atoms with E-state index in [1.807, 2.05) is 0 Å². The molecule has 19 heavy (non-hydrogen) atoms. The van der Waals surface area contributed by atoms with Crippen molar-refractivity contribution >= 4 is 23.5 Å². The lowest BCUT2D eigenvalue weighted by Crippen LogP contribution is -2.30. The number of nitrogens with zero attached hydrogens (tertiary/aromatic N) is 1. The van der Waals surface area contributed by atoms with Crippen molar-refractivity contribution in [3.63, 3.8) is 0 Å². The fourth-order valence-electron chi connectivity index (χ4n) is 1.44. The number of hydrogen-bond acceptors (Lipinski definition) is 5. The third-order valence-electron chi connectivity index (χ3n) is 2.23. The van der Waals surface area contributed by atoms with Gasteiger partial charge in [0.05, 0.1) is 23.8 Å². The number of halogens is 1. The summed E-state index contributed by atoms with van der Waals surface area (Å²) < 4.78 is 23.9. The SMILES string of the molecule is CCOP(=O)(CCn1cc(Br)c(=O)[nH]c1=O)OCC. The zero-order valence-corrected chi connectivity index (χ0v) is 13.2. The van der Waals surface area contributed by atoms with Crippen LogP contribution in [0.25, 0.3) is 0 Å². The maximum atomic E-state index is 12.2. The molecule has 1 rings (SSSR count). The first-order chi connectivity index (χ1) is 8.91. The van der Waals surface area contributed by atoms with Crippen LogP contribution in [-0.2, 0) is 20.2 Å². The van der Waals surface area contributed by atoms with Crippen LogP contribution in [0.3, 0.4) is 0 Å². The van der Waals surface area contributed by atoms with Gasteiger partial charge in [-0.25, -0.2) is 4.79 Å². The summed E-state index contributed by atoms with van der Waals surface area (Å²) >= 11 is 3.03. The quantitative estimate of drug-likeness (QED) is 0.750. The minimum absolute atomic E-state index is 0.0626. The highest BCUT2D eigenvalue weighted by Gasteiger charge is 2.23. The zero-order valence-electron chi connectivity index (χ0n) is 10.7. The van der Waals surface area contributed by atoms with Crippen molar-refractivity contribution in [2.24, 2.45) is 0 Å². The molecule has 0 spiro atoms. The molecule has 108 valence electrons. The summed E-state index contributed by atoms with van der Waals surface area (Å²) in [6, 6.07) is 0. The molecule has 0 aliphatic carbocycles. The second-order valence-electron chi connectivity index (χ2n) is 3.60. The van der Waals surface area contributed by atoms with Crippen LogP contribution in [0.2, 0.25) is 0 Å². The highest BCUT2D eigenvalue weighted by molar-refractivity contribution is 9.10. The molecule has 0 radical (unpaired) electrons. The first kappa shape index (κ1) is 16.4. The van der Waals surface area contributed by atoms with Crippen LogP contribution in [0.1, 0.15) is 13.8 Å². The molecule has 0 unspecified atom stereocenters. The Balaban J connectivity index is 2.86.